The maximum absolute atomic E-state index is 5.54. The number of aromatic nitrogens is 2. The van der Waals surface area contributed by atoms with Crippen LogP contribution in [0.15, 0.2) is 18.7 Å². The average Bonchev–Trinajstić information content (AvgIpc) is 2.78. The SMILES string of the molecule is CC(C)OCCCn1cc[n+](CCCOC(C)C)c1. The number of hydrogen-bond acceptors (Lipinski definition) is 2. The highest BCUT2D eigenvalue weighted by molar-refractivity contribution is 4.66. The van der Waals surface area contributed by atoms with Crippen molar-refractivity contribution in [2.45, 2.75) is 65.8 Å². The molecule has 0 amide bonds. The second kappa shape index (κ2) is 9.10. The van der Waals surface area contributed by atoms with E-state index in [1.165, 1.54) is 0 Å². The number of hydrogen-bond donors (Lipinski definition) is 0. The maximum Gasteiger partial charge on any atom is 0.243 e. The van der Waals surface area contributed by atoms with Gasteiger partial charge < -0.3 is 9.47 Å². The summed E-state index contributed by atoms with van der Waals surface area (Å²) < 4.78 is 15.5. The summed E-state index contributed by atoms with van der Waals surface area (Å²) in [7, 11) is 0. The monoisotopic (exact) mass is 269 g/mol. The van der Waals surface area contributed by atoms with Gasteiger partial charge in [-0.25, -0.2) is 9.13 Å². The molecule has 0 aliphatic rings. The number of ether oxygens (including phenoxy) is 2. The van der Waals surface area contributed by atoms with Crippen LogP contribution in [-0.4, -0.2) is 30.0 Å². The molecule has 1 rings (SSSR count). The molecule has 0 aromatic carbocycles. The third-order valence-electron chi connectivity index (χ3n) is 2.77. The van der Waals surface area contributed by atoms with E-state index >= 15 is 0 Å². The lowest BCUT2D eigenvalue weighted by Crippen LogP contribution is -2.31. The zero-order valence-electron chi connectivity index (χ0n) is 12.8. The Labute approximate surface area is 117 Å². The molecular weight excluding hydrogens is 240 g/mol. The van der Waals surface area contributed by atoms with Crippen LogP contribution in [0.5, 0.6) is 0 Å². The van der Waals surface area contributed by atoms with Gasteiger partial charge in [-0.15, -0.1) is 0 Å². The molecule has 0 aliphatic carbocycles. The molecule has 0 radical (unpaired) electrons. The van der Waals surface area contributed by atoms with E-state index in [2.05, 4.69) is 55.6 Å². The van der Waals surface area contributed by atoms with Gasteiger partial charge in [0, 0.05) is 12.8 Å². The normalized spacial score (nSPS) is 11.7. The van der Waals surface area contributed by atoms with Crippen LogP contribution < -0.4 is 4.57 Å². The standard InChI is InChI=1S/C15H29N2O2/c1-14(2)18-11-5-7-16-9-10-17(13-16)8-6-12-19-15(3)4/h9-10,13-15H,5-8,11-12H2,1-4H3/q+1. The van der Waals surface area contributed by atoms with Gasteiger partial charge in [0.05, 0.1) is 38.5 Å². The number of aryl methyl sites for hydroxylation is 2. The van der Waals surface area contributed by atoms with E-state index in [0.29, 0.717) is 12.2 Å². The lowest BCUT2D eigenvalue weighted by atomic mass is 10.4. The van der Waals surface area contributed by atoms with Gasteiger partial charge >= 0.3 is 0 Å². The molecule has 0 aliphatic heterocycles. The molecule has 19 heavy (non-hydrogen) atoms. The summed E-state index contributed by atoms with van der Waals surface area (Å²) in [6, 6.07) is 0. The van der Waals surface area contributed by atoms with E-state index in [4.69, 9.17) is 9.47 Å². The quantitative estimate of drug-likeness (QED) is 0.482. The van der Waals surface area contributed by atoms with Crippen LogP contribution in [0.3, 0.4) is 0 Å². The highest BCUT2D eigenvalue weighted by atomic mass is 16.5. The predicted octanol–water partition coefficient (Wildman–Crippen LogP) is 2.41. The average molecular weight is 269 g/mol. The number of rotatable bonds is 10. The van der Waals surface area contributed by atoms with E-state index in [1.54, 1.807) is 0 Å². The summed E-state index contributed by atoms with van der Waals surface area (Å²) in [6.45, 7) is 12.0. The molecule has 1 heterocycles. The molecule has 0 spiro atoms. The minimum atomic E-state index is 0.329. The Hall–Kier alpha value is -0.870. The summed E-state index contributed by atoms with van der Waals surface area (Å²) in [5.41, 5.74) is 0. The van der Waals surface area contributed by atoms with E-state index in [0.717, 1.165) is 39.1 Å². The van der Waals surface area contributed by atoms with E-state index < -0.39 is 0 Å². The molecule has 4 heteroatoms. The van der Waals surface area contributed by atoms with Crippen LogP contribution in [0.4, 0.5) is 0 Å². The van der Waals surface area contributed by atoms with Crippen LogP contribution >= 0.6 is 0 Å². The summed E-state index contributed by atoms with van der Waals surface area (Å²) in [6.07, 6.45) is 9.18. The molecule has 110 valence electrons. The fourth-order valence-electron chi connectivity index (χ4n) is 1.84. The molecule has 0 bridgehead atoms. The molecule has 0 atom stereocenters. The molecular formula is C15H29N2O2+. The van der Waals surface area contributed by atoms with Gasteiger partial charge in [0.15, 0.2) is 0 Å². The van der Waals surface area contributed by atoms with Crippen LogP contribution in [0.1, 0.15) is 40.5 Å². The van der Waals surface area contributed by atoms with Crippen molar-refractivity contribution in [3.8, 4) is 0 Å². The summed E-state index contributed by atoms with van der Waals surface area (Å²) in [4.78, 5) is 0. The second-order valence-corrected chi connectivity index (χ2v) is 5.44. The molecule has 0 unspecified atom stereocenters. The van der Waals surface area contributed by atoms with Gasteiger partial charge in [0.2, 0.25) is 6.33 Å². The van der Waals surface area contributed by atoms with Crippen molar-refractivity contribution >= 4 is 0 Å². The Morgan fingerprint density at radius 2 is 1.63 bits per heavy atom. The van der Waals surface area contributed by atoms with Gasteiger partial charge in [-0.1, -0.05) is 0 Å². The summed E-state index contributed by atoms with van der Waals surface area (Å²) >= 11 is 0. The van der Waals surface area contributed by atoms with Crippen LogP contribution in [-0.2, 0) is 22.6 Å². The molecule has 1 aromatic heterocycles. The highest BCUT2D eigenvalue weighted by Gasteiger charge is 2.04. The Balaban J connectivity index is 2.14. The molecule has 0 saturated carbocycles. The van der Waals surface area contributed by atoms with Crippen molar-refractivity contribution in [1.82, 2.24) is 4.57 Å². The summed E-state index contributed by atoms with van der Waals surface area (Å²) in [5.74, 6) is 0. The Morgan fingerprint density at radius 1 is 1.00 bits per heavy atom. The van der Waals surface area contributed by atoms with E-state index in [1.807, 2.05) is 0 Å². The third-order valence-corrected chi connectivity index (χ3v) is 2.77. The molecule has 1 aromatic rings. The zero-order chi connectivity index (χ0) is 14.1. The molecule has 0 fully saturated rings. The van der Waals surface area contributed by atoms with Gasteiger partial charge in [-0.05, 0) is 27.7 Å². The smallest absolute Gasteiger partial charge is 0.243 e. The second-order valence-electron chi connectivity index (χ2n) is 5.44. The van der Waals surface area contributed by atoms with Gasteiger partial charge in [-0.3, -0.25) is 0 Å². The van der Waals surface area contributed by atoms with E-state index in [-0.39, 0.29) is 0 Å². The maximum atomic E-state index is 5.54. The first-order valence-corrected chi connectivity index (χ1v) is 7.36. The minimum Gasteiger partial charge on any atom is -0.379 e. The Morgan fingerprint density at radius 3 is 2.26 bits per heavy atom. The molecule has 0 N–H and O–H groups in total. The lowest BCUT2D eigenvalue weighted by molar-refractivity contribution is -0.697. The molecule has 0 saturated heterocycles. The van der Waals surface area contributed by atoms with Crippen molar-refractivity contribution in [1.29, 1.82) is 0 Å². The van der Waals surface area contributed by atoms with Crippen LogP contribution in [0.25, 0.3) is 0 Å². The zero-order valence-corrected chi connectivity index (χ0v) is 12.8. The number of imidazole rings is 1. The van der Waals surface area contributed by atoms with Crippen LogP contribution in [0, 0.1) is 0 Å². The van der Waals surface area contributed by atoms with Crippen LogP contribution in [0.2, 0.25) is 0 Å². The first-order valence-electron chi connectivity index (χ1n) is 7.36. The highest BCUT2D eigenvalue weighted by Crippen LogP contribution is 1.95. The van der Waals surface area contributed by atoms with E-state index in [9.17, 15) is 0 Å². The van der Waals surface area contributed by atoms with Gasteiger partial charge in [0.1, 0.15) is 12.4 Å². The Kier molecular flexibility index (Phi) is 7.75. The van der Waals surface area contributed by atoms with Crippen molar-refractivity contribution in [2.75, 3.05) is 13.2 Å². The van der Waals surface area contributed by atoms with Crippen molar-refractivity contribution < 1.29 is 14.0 Å². The number of nitrogens with zero attached hydrogens (tertiary/aromatic N) is 2. The first-order chi connectivity index (χ1) is 9.08. The fourth-order valence-corrected chi connectivity index (χ4v) is 1.84. The van der Waals surface area contributed by atoms with Gasteiger partial charge in [-0.2, -0.15) is 0 Å². The topological polar surface area (TPSA) is 27.3 Å². The third kappa shape index (κ3) is 8.01. The lowest BCUT2D eigenvalue weighted by Gasteiger charge is -2.06. The largest absolute Gasteiger partial charge is 0.379 e. The summed E-state index contributed by atoms with van der Waals surface area (Å²) in [5, 5.41) is 0. The van der Waals surface area contributed by atoms with Crippen molar-refractivity contribution in [3.05, 3.63) is 18.7 Å². The predicted molar refractivity (Wildman–Crippen MR) is 76.0 cm³/mol. The van der Waals surface area contributed by atoms with Crippen molar-refractivity contribution in [2.24, 2.45) is 0 Å². The first kappa shape index (κ1) is 16.2. The fraction of sp³-hybridized carbons (Fsp3) is 0.800. The Bertz CT molecular complexity index is 304. The van der Waals surface area contributed by atoms with Gasteiger partial charge in [0.25, 0.3) is 0 Å². The minimum absolute atomic E-state index is 0.329. The molecule has 4 nitrogen and oxygen atoms in total. The van der Waals surface area contributed by atoms with Crippen molar-refractivity contribution in [3.63, 3.8) is 0 Å².